The number of carbonyl (C=O) groups is 3. The number of rotatable bonds is 5. The highest BCUT2D eigenvalue weighted by atomic mass is 16.5. The van der Waals surface area contributed by atoms with E-state index in [1.807, 2.05) is 13.8 Å². The fourth-order valence-corrected chi connectivity index (χ4v) is 1.29. The van der Waals surface area contributed by atoms with E-state index in [1.165, 1.54) is 0 Å². The molecule has 0 aromatic heterocycles. The molecule has 1 aromatic carbocycles. The smallest absolute Gasteiger partial charge is 0.338 e. The number of ether oxygens (including phenoxy) is 1. The Morgan fingerprint density at radius 2 is 1.80 bits per heavy atom. The average Bonchev–Trinajstić information content (AvgIpc) is 2.43. The van der Waals surface area contributed by atoms with Crippen molar-refractivity contribution in [3.63, 3.8) is 0 Å². The van der Waals surface area contributed by atoms with Gasteiger partial charge in [0.25, 0.3) is 5.91 Å². The van der Waals surface area contributed by atoms with Gasteiger partial charge >= 0.3 is 12.0 Å². The van der Waals surface area contributed by atoms with Crippen molar-refractivity contribution in [3.8, 4) is 0 Å². The fourth-order valence-electron chi connectivity index (χ4n) is 1.29. The SMILES string of the molecule is CC(C)CNC(=O)NC(=O)COC(=O)c1ccccc1. The van der Waals surface area contributed by atoms with Crippen molar-refractivity contribution in [1.82, 2.24) is 10.6 Å². The van der Waals surface area contributed by atoms with Gasteiger partial charge in [-0.15, -0.1) is 0 Å². The summed E-state index contributed by atoms with van der Waals surface area (Å²) < 4.78 is 4.79. The van der Waals surface area contributed by atoms with Gasteiger partial charge in [-0.3, -0.25) is 10.1 Å². The molecule has 0 unspecified atom stereocenters. The van der Waals surface area contributed by atoms with Gasteiger partial charge < -0.3 is 10.1 Å². The molecule has 0 radical (unpaired) electrons. The normalized spacial score (nSPS) is 9.95. The van der Waals surface area contributed by atoms with E-state index in [0.29, 0.717) is 12.1 Å². The Morgan fingerprint density at radius 3 is 2.40 bits per heavy atom. The summed E-state index contributed by atoms with van der Waals surface area (Å²) in [7, 11) is 0. The van der Waals surface area contributed by atoms with E-state index < -0.39 is 24.5 Å². The van der Waals surface area contributed by atoms with Crippen molar-refractivity contribution in [2.75, 3.05) is 13.2 Å². The standard InChI is InChI=1S/C14H18N2O4/c1-10(2)8-15-14(19)16-12(17)9-20-13(18)11-6-4-3-5-7-11/h3-7,10H,8-9H2,1-2H3,(H2,15,16,17,19). The number of urea groups is 1. The molecule has 0 fully saturated rings. The fraction of sp³-hybridized carbons (Fsp3) is 0.357. The van der Waals surface area contributed by atoms with Crippen LogP contribution in [0.2, 0.25) is 0 Å². The van der Waals surface area contributed by atoms with Gasteiger partial charge in [-0.2, -0.15) is 0 Å². The zero-order valence-corrected chi connectivity index (χ0v) is 11.5. The van der Waals surface area contributed by atoms with Gasteiger partial charge in [0.15, 0.2) is 6.61 Å². The number of amides is 3. The summed E-state index contributed by atoms with van der Waals surface area (Å²) in [6.07, 6.45) is 0. The van der Waals surface area contributed by atoms with Crippen molar-refractivity contribution < 1.29 is 19.1 Å². The Morgan fingerprint density at radius 1 is 1.15 bits per heavy atom. The lowest BCUT2D eigenvalue weighted by molar-refractivity contribution is -0.123. The number of hydrogen-bond donors (Lipinski definition) is 2. The van der Waals surface area contributed by atoms with E-state index in [9.17, 15) is 14.4 Å². The van der Waals surface area contributed by atoms with Crippen LogP contribution in [-0.4, -0.2) is 31.1 Å². The molecular formula is C14H18N2O4. The van der Waals surface area contributed by atoms with E-state index in [1.54, 1.807) is 30.3 Å². The maximum atomic E-state index is 11.5. The maximum absolute atomic E-state index is 11.5. The van der Waals surface area contributed by atoms with E-state index in [0.717, 1.165) is 0 Å². The molecule has 0 saturated carbocycles. The highest BCUT2D eigenvalue weighted by Gasteiger charge is 2.12. The molecule has 6 heteroatoms. The van der Waals surface area contributed by atoms with Crippen molar-refractivity contribution in [2.45, 2.75) is 13.8 Å². The molecule has 0 bridgehead atoms. The van der Waals surface area contributed by atoms with Crippen LogP contribution >= 0.6 is 0 Å². The van der Waals surface area contributed by atoms with Gasteiger partial charge in [-0.25, -0.2) is 9.59 Å². The van der Waals surface area contributed by atoms with Gasteiger partial charge in [0.1, 0.15) is 0 Å². The number of hydrogen-bond acceptors (Lipinski definition) is 4. The predicted octanol–water partition coefficient (Wildman–Crippen LogP) is 1.33. The molecule has 2 N–H and O–H groups in total. The largest absolute Gasteiger partial charge is 0.452 e. The summed E-state index contributed by atoms with van der Waals surface area (Å²) in [5.41, 5.74) is 0.351. The molecule has 1 rings (SSSR count). The van der Waals surface area contributed by atoms with Gasteiger partial charge in [-0.1, -0.05) is 32.0 Å². The van der Waals surface area contributed by atoms with Crippen LogP contribution in [-0.2, 0) is 9.53 Å². The highest BCUT2D eigenvalue weighted by Crippen LogP contribution is 2.00. The molecule has 108 valence electrons. The Balaban J connectivity index is 2.30. The quantitative estimate of drug-likeness (QED) is 0.796. The molecule has 0 saturated heterocycles. The minimum Gasteiger partial charge on any atom is -0.452 e. The van der Waals surface area contributed by atoms with E-state index >= 15 is 0 Å². The third-order valence-corrected chi connectivity index (χ3v) is 2.27. The second kappa shape index (κ2) is 7.93. The molecule has 0 aliphatic rings. The minimum absolute atomic E-state index is 0.284. The zero-order valence-electron chi connectivity index (χ0n) is 11.5. The van der Waals surface area contributed by atoms with Crippen LogP contribution in [0.3, 0.4) is 0 Å². The van der Waals surface area contributed by atoms with Crippen molar-refractivity contribution >= 4 is 17.9 Å². The molecule has 20 heavy (non-hydrogen) atoms. The molecule has 0 aliphatic heterocycles. The molecule has 3 amide bonds. The van der Waals surface area contributed by atoms with Gasteiger partial charge in [0, 0.05) is 6.54 Å². The number of imide groups is 1. The first-order chi connectivity index (χ1) is 9.49. The minimum atomic E-state index is -0.671. The first kappa shape index (κ1) is 15.7. The van der Waals surface area contributed by atoms with Crippen LogP contribution in [0.4, 0.5) is 4.79 Å². The van der Waals surface area contributed by atoms with Gasteiger partial charge in [0.05, 0.1) is 5.56 Å². The summed E-state index contributed by atoms with van der Waals surface area (Å²) in [4.78, 5) is 34.2. The summed E-state index contributed by atoms with van der Waals surface area (Å²) in [5, 5.41) is 4.60. The monoisotopic (exact) mass is 278 g/mol. The van der Waals surface area contributed by atoms with Gasteiger partial charge in [-0.05, 0) is 18.1 Å². The second-order valence-electron chi connectivity index (χ2n) is 4.59. The Kier molecular flexibility index (Phi) is 6.22. The maximum Gasteiger partial charge on any atom is 0.338 e. The molecule has 0 heterocycles. The first-order valence-corrected chi connectivity index (χ1v) is 6.29. The molecular weight excluding hydrogens is 260 g/mol. The first-order valence-electron chi connectivity index (χ1n) is 6.29. The Hall–Kier alpha value is -2.37. The zero-order chi connectivity index (χ0) is 15.0. The number of carbonyl (C=O) groups excluding carboxylic acids is 3. The molecule has 0 atom stereocenters. The van der Waals surface area contributed by atoms with E-state index in [2.05, 4.69) is 10.6 Å². The lowest BCUT2D eigenvalue weighted by Crippen LogP contribution is -2.42. The third kappa shape index (κ3) is 5.99. The Bertz CT molecular complexity index is 471. The van der Waals surface area contributed by atoms with Crippen LogP contribution in [0.15, 0.2) is 30.3 Å². The Labute approximate surface area is 117 Å². The highest BCUT2D eigenvalue weighted by molar-refractivity contribution is 5.96. The van der Waals surface area contributed by atoms with Crippen molar-refractivity contribution in [2.24, 2.45) is 5.92 Å². The van der Waals surface area contributed by atoms with Crippen LogP contribution in [0, 0.1) is 5.92 Å². The molecule has 0 spiro atoms. The average molecular weight is 278 g/mol. The number of nitrogens with one attached hydrogen (secondary N) is 2. The molecule has 1 aromatic rings. The topological polar surface area (TPSA) is 84.5 Å². The summed E-state index contributed by atoms with van der Waals surface area (Å²) in [6.45, 7) is 3.83. The van der Waals surface area contributed by atoms with Crippen LogP contribution < -0.4 is 10.6 Å². The lowest BCUT2D eigenvalue weighted by Gasteiger charge is -2.08. The lowest BCUT2D eigenvalue weighted by atomic mass is 10.2. The van der Waals surface area contributed by atoms with Crippen LogP contribution in [0.25, 0.3) is 0 Å². The second-order valence-corrected chi connectivity index (χ2v) is 4.59. The van der Waals surface area contributed by atoms with Crippen LogP contribution in [0.1, 0.15) is 24.2 Å². The number of benzene rings is 1. The molecule has 0 aliphatic carbocycles. The summed E-state index contributed by atoms with van der Waals surface area (Å²) in [6, 6.07) is 7.71. The van der Waals surface area contributed by atoms with E-state index in [4.69, 9.17) is 4.74 Å². The summed E-state index contributed by atoms with van der Waals surface area (Å²) in [5.74, 6) is -0.995. The predicted molar refractivity (Wildman–Crippen MR) is 73.1 cm³/mol. The number of esters is 1. The van der Waals surface area contributed by atoms with Crippen molar-refractivity contribution in [1.29, 1.82) is 0 Å². The molecule has 6 nitrogen and oxygen atoms in total. The summed E-state index contributed by atoms with van der Waals surface area (Å²) >= 11 is 0. The third-order valence-electron chi connectivity index (χ3n) is 2.27. The van der Waals surface area contributed by atoms with E-state index in [-0.39, 0.29) is 5.92 Å². The van der Waals surface area contributed by atoms with Crippen LogP contribution in [0.5, 0.6) is 0 Å². The van der Waals surface area contributed by atoms with Gasteiger partial charge in [0.2, 0.25) is 0 Å². The van der Waals surface area contributed by atoms with Crippen molar-refractivity contribution in [3.05, 3.63) is 35.9 Å².